The maximum atomic E-state index is 11.6. The largest absolute Gasteiger partial charge is 0.487 e. The molecule has 0 aliphatic heterocycles. The van der Waals surface area contributed by atoms with Crippen molar-refractivity contribution < 1.29 is 19.2 Å². The number of nitro benzene ring substituents is 1. The summed E-state index contributed by atoms with van der Waals surface area (Å²) in [5.74, 6) is -0.355. The predicted octanol–water partition coefficient (Wildman–Crippen LogP) is 1.95. The highest BCUT2D eigenvalue weighted by Crippen LogP contribution is 2.28. The van der Waals surface area contributed by atoms with Crippen molar-refractivity contribution >= 4 is 11.7 Å². The number of carbonyl (C=O) groups excluding carboxylic acids is 1. The zero-order valence-electron chi connectivity index (χ0n) is 12.4. The molecule has 0 aromatic heterocycles. The average molecular weight is 296 g/mol. The molecule has 1 aromatic rings. The molecule has 116 valence electrons. The lowest BCUT2D eigenvalue weighted by Gasteiger charge is -2.22. The molecule has 0 bridgehead atoms. The summed E-state index contributed by atoms with van der Waals surface area (Å²) in [6.07, 6.45) is 0.191. The highest BCUT2D eigenvalue weighted by Gasteiger charge is 2.30. The van der Waals surface area contributed by atoms with Gasteiger partial charge in [0.25, 0.3) is 0 Å². The fourth-order valence-corrected chi connectivity index (χ4v) is 1.66. The van der Waals surface area contributed by atoms with Crippen molar-refractivity contribution in [3.63, 3.8) is 0 Å². The van der Waals surface area contributed by atoms with Gasteiger partial charge in [0, 0.05) is 12.5 Å². The first-order valence-corrected chi connectivity index (χ1v) is 6.62. The van der Waals surface area contributed by atoms with Crippen LogP contribution >= 0.6 is 0 Å². The van der Waals surface area contributed by atoms with Gasteiger partial charge >= 0.3 is 11.7 Å². The highest BCUT2D eigenvalue weighted by molar-refractivity contribution is 5.79. The summed E-state index contributed by atoms with van der Waals surface area (Å²) in [4.78, 5) is 22.0. The number of nitrogens with two attached hydrogens (primary N) is 1. The van der Waals surface area contributed by atoms with E-state index in [1.165, 1.54) is 6.07 Å². The van der Waals surface area contributed by atoms with Crippen LogP contribution in [0.1, 0.15) is 25.8 Å². The fourth-order valence-electron chi connectivity index (χ4n) is 1.66. The maximum absolute atomic E-state index is 11.6. The Morgan fingerprint density at radius 1 is 1.48 bits per heavy atom. The van der Waals surface area contributed by atoms with E-state index in [1.807, 2.05) is 6.92 Å². The van der Waals surface area contributed by atoms with Crippen LogP contribution in [0.2, 0.25) is 0 Å². The van der Waals surface area contributed by atoms with E-state index in [0.717, 1.165) is 5.56 Å². The summed E-state index contributed by atoms with van der Waals surface area (Å²) in [6.45, 7) is 5.37. The smallest absolute Gasteiger partial charge is 0.325 e. The second-order valence-electron chi connectivity index (χ2n) is 4.96. The van der Waals surface area contributed by atoms with E-state index in [1.54, 1.807) is 26.0 Å². The lowest BCUT2D eigenvalue weighted by Crippen LogP contribution is -2.47. The number of ether oxygens (including phenoxy) is 2. The van der Waals surface area contributed by atoms with Gasteiger partial charge in [0.1, 0.15) is 5.54 Å². The van der Waals surface area contributed by atoms with Crippen molar-refractivity contribution in [2.75, 3.05) is 13.2 Å². The van der Waals surface area contributed by atoms with Crippen LogP contribution in [0.5, 0.6) is 5.75 Å². The molecule has 0 saturated heterocycles. The monoisotopic (exact) mass is 296 g/mol. The van der Waals surface area contributed by atoms with E-state index in [9.17, 15) is 14.9 Å². The number of nitrogens with zero attached hydrogens (tertiary/aromatic N) is 1. The number of carbonyl (C=O) groups is 1. The van der Waals surface area contributed by atoms with Crippen molar-refractivity contribution in [2.45, 2.75) is 32.7 Å². The molecule has 1 unspecified atom stereocenters. The Balaban J connectivity index is 2.70. The molecule has 21 heavy (non-hydrogen) atoms. The van der Waals surface area contributed by atoms with Crippen LogP contribution in [0.4, 0.5) is 5.69 Å². The normalized spacial score (nSPS) is 13.3. The van der Waals surface area contributed by atoms with Gasteiger partial charge in [-0.05, 0) is 32.4 Å². The van der Waals surface area contributed by atoms with E-state index < -0.39 is 16.4 Å². The van der Waals surface area contributed by atoms with Crippen molar-refractivity contribution in [3.05, 3.63) is 33.9 Å². The molecule has 0 heterocycles. The molecule has 0 amide bonds. The summed E-state index contributed by atoms with van der Waals surface area (Å²) < 4.78 is 10.3. The molecule has 0 aliphatic carbocycles. The molecule has 2 N–H and O–H groups in total. The highest BCUT2D eigenvalue weighted by atomic mass is 16.6. The van der Waals surface area contributed by atoms with E-state index in [-0.39, 0.29) is 31.1 Å². The summed E-state index contributed by atoms with van der Waals surface area (Å²) in [7, 11) is 0. The summed E-state index contributed by atoms with van der Waals surface area (Å²) in [5, 5.41) is 10.9. The van der Waals surface area contributed by atoms with Gasteiger partial charge in [-0.3, -0.25) is 14.9 Å². The van der Waals surface area contributed by atoms with E-state index in [2.05, 4.69) is 0 Å². The van der Waals surface area contributed by atoms with E-state index >= 15 is 0 Å². The fraction of sp³-hybridized carbons (Fsp3) is 0.500. The Morgan fingerprint density at radius 2 is 2.14 bits per heavy atom. The van der Waals surface area contributed by atoms with Gasteiger partial charge in [-0.25, -0.2) is 0 Å². The molecule has 0 saturated carbocycles. The molecule has 1 rings (SSSR count). The Kier molecular flexibility index (Phi) is 5.66. The van der Waals surface area contributed by atoms with Crippen LogP contribution in [-0.4, -0.2) is 29.6 Å². The van der Waals surface area contributed by atoms with Gasteiger partial charge in [0.05, 0.1) is 18.1 Å². The summed E-state index contributed by atoms with van der Waals surface area (Å²) in [6, 6.07) is 4.60. The van der Waals surface area contributed by atoms with Crippen molar-refractivity contribution in [2.24, 2.45) is 5.73 Å². The molecule has 0 spiro atoms. The Labute approximate surface area is 123 Å². The molecule has 7 heteroatoms. The Hall–Kier alpha value is -2.15. The van der Waals surface area contributed by atoms with Crippen LogP contribution < -0.4 is 10.5 Å². The predicted molar refractivity (Wildman–Crippen MR) is 77.2 cm³/mol. The minimum absolute atomic E-state index is 0.0795. The van der Waals surface area contributed by atoms with Gasteiger partial charge in [-0.15, -0.1) is 0 Å². The molecule has 0 radical (unpaired) electrons. The van der Waals surface area contributed by atoms with Crippen molar-refractivity contribution in [1.82, 2.24) is 0 Å². The third kappa shape index (κ3) is 4.71. The molecular weight excluding hydrogens is 276 g/mol. The zero-order valence-corrected chi connectivity index (χ0v) is 12.4. The van der Waals surface area contributed by atoms with Crippen LogP contribution in [-0.2, 0) is 9.53 Å². The van der Waals surface area contributed by atoms with Gasteiger partial charge in [-0.2, -0.15) is 0 Å². The van der Waals surface area contributed by atoms with Crippen LogP contribution in [0, 0.1) is 17.0 Å². The SMILES string of the molecule is CCOC(=O)C(C)(N)CCOc1cc(C)ccc1[N+](=O)[O-]. The number of hydrogen-bond acceptors (Lipinski definition) is 6. The Bertz CT molecular complexity index is 528. The summed E-state index contributed by atoms with van der Waals surface area (Å²) >= 11 is 0. The number of rotatable bonds is 7. The first-order valence-electron chi connectivity index (χ1n) is 6.62. The first-order chi connectivity index (χ1) is 9.77. The van der Waals surface area contributed by atoms with Gasteiger partial charge in [0.15, 0.2) is 5.75 Å². The standard InChI is InChI=1S/C14H20N2O5/c1-4-20-13(17)14(3,15)7-8-21-12-9-10(2)5-6-11(12)16(18)19/h5-6,9H,4,7-8,15H2,1-3H3. The summed E-state index contributed by atoms with van der Waals surface area (Å²) in [5.41, 5.74) is 5.39. The third-order valence-electron chi connectivity index (χ3n) is 2.93. The van der Waals surface area contributed by atoms with Gasteiger partial charge < -0.3 is 15.2 Å². The zero-order chi connectivity index (χ0) is 16.0. The minimum atomic E-state index is -1.19. The first kappa shape index (κ1) is 16.9. The van der Waals surface area contributed by atoms with Gasteiger partial charge in [0.2, 0.25) is 0 Å². The third-order valence-corrected chi connectivity index (χ3v) is 2.93. The van der Waals surface area contributed by atoms with Crippen LogP contribution in [0.15, 0.2) is 18.2 Å². The number of nitro groups is 1. The van der Waals surface area contributed by atoms with Crippen LogP contribution in [0.25, 0.3) is 0 Å². The average Bonchev–Trinajstić information content (AvgIpc) is 2.38. The molecule has 1 atom stereocenters. The van der Waals surface area contributed by atoms with Gasteiger partial charge in [-0.1, -0.05) is 6.07 Å². The van der Waals surface area contributed by atoms with E-state index in [4.69, 9.17) is 15.2 Å². The number of aryl methyl sites for hydroxylation is 1. The van der Waals surface area contributed by atoms with Crippen molar-refractivity contribution in [1.29, 1.82) is 0 Å². The second-order valence-corrected chi connectivity index (χ2v) is 4.96. The topological polar surface area (TPSA) is 105 Å². The van der Waals surface area contributed by atoms with Crippen molar-refractivity contribution in [3.8, 4) is 5.75 Å². The number of hydrogen-bond donors (Lipinski definition) is 1. The number of esters is 1. The Morgan fingerprint density at radius 3 is 2.71 bits per heavy atom. The quantitative estimate of drug-likeness (QED) is 0.468. The second kappa shape index (κ2) is 7.03. The number of benzene rings is 1. The minimum Gasteiger partial charge on any atom is -0.487 e. The molecule has 0 aliphatic rings. The lowest BCUT2D eigenvalue weighted by atomic mass is 10.0. The molecular formula is C14H20N2O5. The van der Waals surface area contributed by atoms with E-state index in [0.29, 0.717) is 0 Å². The maximum Gasteiger partial charge on any atom is 0.325 e. The molecule has 0 fully saturated rings. The lowest BCUT2D eigenvalue weighted by molar-refractivity contribution is -0.385. The van der Waals surface area contributed by atoms with Crippen LogP contribution in [0.3, 0.4) is 0 Å². The molecule has 7 nitrogen and oxygen atoms in total. The molecule has 1 aromatic carbocycles.